The third kappa shape index (κ3) is 6.15. The van der Waals surface area contributed by atoms with E-state index in [-0.39, 0.29) is 63.5 Å². The third-order valence-electron chi connectivity index (χ3n) is 14.5. The van der Waals surface area contributed by atoms with E-state index in [0.29, 0.717) is 35.3 Å². The van der Waals surface area contributed by atoms with E-state index in [1.54, 1.807) is 13.8 Å². The summed E-state index contributed by atoms with van der Waals surface area (Å²) in [5, 5.41) is 0. The van der Waals surface area contributed by atoms with Crippen LogP contribution in [0.4, 0.5) is 0 Å². The van der Waals surface area contributed by atoms with Gasteiger partial charge in [0.15, 0.2) is 12.2 Å². The lowest BCUT2D eigenvalue weighted by Crippen LogP contribution is -3.00. The summed E-state index contributed by atoms with van der Waals surface area (Å²) in [5.41, 5.74) is 0.377. The van der Waals surface area contributed by atoms with Gasteiger partial charge in [0.05, 0.1) is 40.3 Å². The van der Waals surface area contributed by atoms with E-state index < -0.39 is 0 Å². The Labute approximate surface area is 283 Å². The highest BCUT2D eigenvalue weighted by atomic mass is 79.9. The van der Waals surface area contributed by atoms with Gasteiger partial charge in [-0.1, -0.05) is 13.8 Å². The van der Waals surface area contributed by atoms with Gasteiger partial charge in [-0.3, -0.25) is 9.59 Å². The first-order chi connectivity index (χ1) is 19.4. The average molecular weight is 733 g/mol. The number of fused-ring (bicyclic) bond motifs is 5. The SMILES string of the molecule is CC(=O)O[C@@H]1C[C@H]2CCC3C4C[C@H]([N+]5(C)CCCCC5)[C@H](OC(C)=O)[C@@]4(C)CCC3[C@@]2(C)C[C@@H]1[N+]1(C)CCCCC1.[Br-].[Br-]. The minimum atomic E-state index is -0.0998. The Kier molecular flexibility index (Phi) is 10.9. The first-order valence-corrected chi connectivity index (χ1v) is 17.4. The number of hydrogen-bond donors (Lipinski definition) is 0. The van der Waals surface area contributed by atoms with Gasteiger partial charge in [0, 0.05) is 32.1 Å². The number of hydrogen-bond acceptors (Lipinski definition) is 4. The molecule has 0 amide bonds. The van der Waals surface area contributed by atoms with Crippen LogP contribution in [-0.4, -0.2) is 85.5 Å². The van der Waals surface area contributed by atoms with Crippen LogP contribution in [0.3, 0.4) is 0 Å². The van der Waals surface area contributed by atoms with Crippen LogP contribution in [-0.2, 0) is 19.1 Å². The molecule has 8 heteroatoms. The molecule has 0 aromatic heterocycles. The van der Waals surface area contributed by atoms with Crippen LogP contribution in [0.5, 0.6) is 0 Å². The van der Waals surface area contributed by atoms with Gasteiger partial charge >= 0.3 is 11.9 Å². The van der Waals surface area contributed by atoms with Crippen molar-refractivity contribution < 1.29 is 62.0 Å². The standard InChI is InChI=1S/C35H60N2O4.2BrH/c1-24(38)40-32-21-26-13-14-27-28(35(26,4)23-31(32)37(6)19-11-8-12-20-37)15-16-34(3)29(27)22-30(33(34)41-25(2)39)36(5)17-9-7-10-18-36;;/h26-33H,7-23H2,1-6H3;2*1H/q+2;;/p-2/t26-,27?,28?,29?,30+,31+,32-,33+,34+,35+;;/m1../s1. The predicted octanol–water partition coefficient (Wildman–Crippen LogP) is 0.119. The average Bonchev–Trinajstić information content (AvgIpc) is 3.21. The second-order valence-corrected chi connectivity index (χ2v) is 16.7. The Morgan fingerprint density at radius 3 is 1.79 bits per heavy atom. The number of esters is 2. The number of ether oxygens (including phenoxy) is 2. The normalized spacial score (nSPS) is 44.7. The fourth-order valence-electron chi connectivity index (χ4n) is 12.3. The monoisotopic (exact) mass is 730 g/mol. The number of carbonyl (C=O) groups is 2. The number of piperidine rings is 2. The van der Waals surface area contributed by atoms with Gasteiger partial charge < -0.3 is 52.4 Å². The van der Waals surface area contributed by atoms with Gasteiger partial charge in [-0.05, 0) is 99.7 Å². The zero-order chi connectivity index (χ0) is 29.2. The second-order valence-electron chi connectivity index (χ2n) is 16.7. The quantitative estimate of drug-likeness (QED) is 0.305. The number of likely N-dealkylation sites (N-methyl/N-ethyl adjacent to an activating group) is 2. The van der Waals surface area contributed by atoms with Gasteiger partial charge in [0.2, 0.25) is 0 Å². The molecule has 43 heavy (non-hydrogen) atoms. The van der Waals surface area contributed by atoms with Crippen LogP contribution >= 0.6 is 0 Å². The van der Waals surface area contributed by atoms with E-state index in [4.69, 9.17) is 9.47 Å². The molecule has 10 atom stereocenters. The molecular weight excluding hydrogens is 672 g/mol. The molecule has 0 spiro atoms. The first-order valence-electron chi connectivity index (χ1n) is 17.4. The number of rotatable bonds is 4. The lowest BCUT2D eigenvalue weighted by molar-refractivity contribution is -0.943. The Hall–Kier alpha value is -0.180. The molecule has 4 saturated carbocycles. The zero-order valence-electron chi connectivity index (χ0n) is 27.9. The number of halogens is 2. The summed E-state index contributed by atoms with van der Waals surface area (Å²) < 4.78 is 14.7. The summed E-state index contributed by atoms with van der Waals surface area (Å²) in [5.74, 6) is 2.52. The molecule has 0 radical (unpaired) electrons. The molecule has 248 valence electrons. The molecule has 6 rings (SSSR count). The van der Waals surface area contributed by atoms with Crippen LogP contribution in [0.25, 0.3) is 0 Å². The van der Waals surface area contributed by atoms with Crippen molar-refractivity contribution in [1.82, 2.24) is 0 Å². The Morgan fingerprint density at radius 1 is 0.674 bits per heavy atom. The summed E-state index contributed by atoms with van der Waals surface area (Å²) in [7, 11) is 4.94. The summed E-state index contributed by atoms with van der Waals surface area (Å²) in [6, 6.07) is 0.846. The Bertz CT molecular complexity index is 1010. The van der Waals surface area contributed by atoms with E-state index in [0.717, 1.165) is 21.3 Å². The molecule has 3 unspecified atom stereocenters. The number of nitrogens with zero attached hydrogens (tertiary/aromatic N) is 2. The summed E-state index contributed by atoms with van der Waals surface area (Å²) in [6.45, 7) is 13.3. The molecule has 6 nitrogen and oxygen atoms in total. The molecule has 4 aliphatic carbocycles. The van der Waals surface area contributed by atoms with Crippen molar-refractivity contribution in [3.05, 3.63) is 0 Å². The molecule has 2 aliphatic heterocycles. The van der Waals surface area contributed by atoms with Gasteiger partial charge in [-0.2, -0.15) is 0 Å². The van der Waals surface area contributed by atoms with Gasteiger partial charge in [0.25, 0.3) is 0 Å². The maximum absolute atomic E-state index is 12.5. The van der Waals surface area contributed by atoms with Crippen molar-refractivity contribution in [3.63, 3.8) is 0 Å². The van der Waals surface area contributed by atoms with Crippen molar-refractivity contribution in [2.45, 2.75) is 135 Å². The molecule has 0 aromatic carbocycles. The molecule has 0 aromatic rings. The highest BCUT2D eigenvalue weighted by Crippen LogP contribution is 2.68. The topological polar surface area (TPSA) is 52.6 Å². The molecular formula is C35H60Br2N2O4. The minimum absolute atomic E-state index is 0. The van der Waals surface area contributed by atoms with Crippen LogP contribution in [0, 0.1) is 34.5 Å². The molecule has 2 saturated heterocycles. The second kappa shape index (κ2) is 13.1. The smallest absolute Gasteiger partial charge is 0.303 e. The van der Waals surface area contributed by atoms with Gasteiger partial charge in [-0.15, -0.1) is 0 Å². The predicted molar refractivity (Wildman–Crippen MR) is 161 cm³/mol. The van der Waals surface area contributed by atoms with Crippen molar-refractivity contribution in [2.24, 2.45) is 34.5 Å². The van der Waals surface area contributed by atoms with E-state index >= 15 is 0 Å². The van der Waals surface area contributed by atoms with Crippen molar-refractivity contribution in [3.8, 4) is 0 Å². The van der Waals surface area contributed by atoms with Crippen molar-refractivity contribution in [2.75, 3.05) is 40.3 Å². The Balaban J connectivity index is 0.00000212. The van der Waals surface area contributed by atoms with E-state index in [1.165, 1.54) is 103 Å². The van der Waals surface area contributed by atoms with Gasteiger partial charge in [0.1, 0.15) is 12.1 Å². The van der Waals surface area contributed by atoms with E-state index in [2.05, 4.69) is 27.9 Å². The third-order valence-corrected chi connectivity index (χ3v) is 14.5. The lowest BCUT2D eigenvalue weighted by atomic mass is 9.44. The number of carbonyl (C=O) groups excluding carboxylic acids is 2. The summed E-state index contributed by atoms with van der Waals surface area (Å²) in [6.07, 6.45) is 16.4. The maximum atomic E-state index is 12.5. The first kappa shape index (κ1) is 35.7. The van der Waals surface area contributed by atoms with E-state index in [9.17, 15) is 9.59 Å². The molecule has 6 fully saturated rings. The van der Waals surface area contributed by atoms with Gasteiger partial charge in [-0.25, -0.2) is 0 Å². The summed E-state index contributed by atoms with van der Waals surface area (Å²) >= 11 is 0. The Morgan fingerprint density at radius 2 is 1.23 bits per heavy atom. The number of quaternary nitrogens is 2. The fourth-order valence-corrected chi connectivity index (χ4v) is 12.3. The van der Waals surface area contributed by atoms with Crippen LogP contribution in [0.2, 0.25) is 0 Å². The summed E-state index contributed by atoms with van der Waals surface area (Å²) in [4.78, 5) is 24.8. The fraction of sp³-hybridized carbons (Fsp3) is 0.943. The zero-order valence-corrected chi connectivity index (χ0v) is 31.1. The van der Waals surface area contributed by atoms with E-state index in [1.807, 2.05) is 0 Å². The molecule has 0 N–H and O–H groups in total. The molecule has 2 heterocycles. The van der Waals surface area contributed by atoms with Crippen molar-refractivity contribution >= 4 is 11.9 Å². The van der Waals surface area contributed by atoms with Crippen LogP contribution in [0.15, 0.2) is 0 Å². The highest BCUT2D eigenvalue weighted by molar-refractivity contribution is 5.66. The molecule has 6 aliphatic rings. The number of likely N-dealkylation sites (tertiary alicyclic amines) is 2. The molecule has 0 bridgehead atoms. The van der Waals surface area contributed by atoms with Crippen molar-refractivity contribution in [1.29, 1.82) is 0 Å². The van der Waals surface area contributed by atoms with Crippen LogP contribution < -0.4 is 34.0 Å². The minimum Gasteiger partial charge on any atom is -1.00 e. The largest absolute Gasteiger partial charge is 1.00 e. The maximum Gasteiger partial charge on any atom is 0.303 e. The van der Waals surface area contributed by atoms with Crippen LogP contribution in [0.1, 0.15) is 111 Å². The highest BCUT2D eigenvalue weighted by Gasteiger charge is 2.68. The lowest BCUT2D eigenvalue weighted by Gasteiger charge is -2.63.